The highest BCUT2D eigenvalue weighted by atomic mass is 19.4. The van der Waals surface area contributed by atoms with Gasteiger partial charge in [0.1, 0.15) is 6.04 Å². The number of para-hydroxylation sites is 1. The summed E-state index contributed by atoms with van der Waals surface area (Å²) in [4.78, 5) is 27.0. The Kier molecular flexibility index (Phi) is 5.26. The van der Waals surface area contributed by atoms with Gasteiger partial charge in [0.25, 0.3) is 5.91 Å². The summed E-state index contributed by atoms with van der Waals surface area (Å²) in [5.41, 5.74) is 1.62. The number of alkyl halides is 3. The van der Waals surface area contributed by atoms with Crippen molar-refractivity contribution in [3.8, 4) is 5.69 Å². The molecule has 2 aromatic carbocycles. The summed E-state index contributed by atoms with van der Waals surface area (Å²) in [7, 11) is 0. The molecule has 1 aliphatic rings. The fraction of sp³-hybridized carbons (Fsp3) is 0.227. The Bertz CT molecular complexity index is 1120. The van der Waals surface area contributed by atoms with E-state index in [9.17, 15) is 22.8 Å². The molecule has 0 bridgehead atoms. The molecule has 0 radical (unpaired) electrons. The standard InChI is InChI=1S/C22H19F3N4O2/c1-14(21(31)28-12-10-15-4-2-3-5-18(15)28)26-20(30)16-6-8-17(9-7-16)29-13-11-19(27-29)22(23,24)25/h2-9,11,13-14H,10,12H2,1H3,(H,26,30). The fourth-order valence-corrected chi connectivity index (χ4v) is 3.53. The summed E-state index contributed by atoms with van der Waals surface area (Å²) < 4.78 is 39.2. The van der Waals surface area contributed by atoms with Crippen LogP contribution in [0.4, 0.5) is 18.9 Å². The molecular formula is C22H19F3N4O2. The summed E-state index contributed by atoms with van der Waals surface area (Å²) in [6.45, 7) is 2.19. The quantitative estimate of drug-likeness (QED) is 0.691. The molecule has 9 heteroatoms. The first-order valence-corrected chi connectivity index (χ1v) is 9.67. The number of carbonyl (C=O) groups excluding carboxylic acids is 2. The predicted octanol–water partition coefficient (Wildman–Crippen LogP) is 3.60. The normalized spacial score (nSPS) is 14.3. The number of amides is 2. The number of nitrogens with zero attached hydrogens (tertiary/aromatic N) is 3. The van der Waals surface area contributed by atoms with E-state index in [1.54, 1.807) is 11.8 Å². The molecule has 1 atom stereocenters. The molecule has 31 heavy (non-hydrogen) atoms. The highest BCUT2D eigenvalue weighted by molar-refractivity contribution is 6.03. The minimum atomic E-state index is -4.52. The second kappa shape index (κ2) is 7.90. The lowest BCUT2D eigenvalue weighted by atomic mass is 10.1. The summed E-state index contributed by atoms with van der Waals surface area (Å²) >= 11 is 0. The number of hydrogen-bond donors (Lipinski definition) is 1. The van der Waals surface area contributed by atoms with E-state index in [4.69, 9.17) is 0 Å². The summed E-state index contributed by atoms with van der Waals surface area (Å²) in [6, 6.07) is 13.7. The number of fused-ring (bicyclic) bond motifs is 1. The van der Waals surface area contributed by atoms with Crippen molar-refractivity contribution in [3.63, 3.8) is 0 Å². The molecule has 0 fully saturated rings. The Morgan fingerprint density at radius 2 is 1.77 bits per heavy atom. The van der Waals surface area contributed by atoms with Crippen molar-refractivity contribution in [3.05, 3.63) is 77.6 Å². The summed E-state index contributed by atoms with van der Waals surface area (Å²) in [5.74, 6) is -0.650. The minimum absolute atomic E-state index is 0.203. The fourth-order valence-electron chi connectivity index (χ4n) is 3.53. The van der Waals surface area contributed by atoms with E-state index in [2.05, 4.69) is 10.4 Å². The Morgan fingerprint density at radius 3 is 2.45 bits per heavy atom. The summed E-state index contributed by atoms with van der Waals surface area (Å²) in [6.07, 6.45) is -2.55. The van der Waals surface area contributed by atoms with E-state index in [0.29, 0.717) is 12.2 Å². The highest BCUT2D eigenvalue weighted by Gasteiger charge is 2.33. The Balaban J connectivity index is 1.42. The van der Waals surface area contributed by atoms with Gasteiger partial charge < -0.3 is 10.2 Å². The molecular weight excluding hydrogens is 409 g/mol. The molecule has 4 rings (SSSR count). The lowest BCUT2D eigenvalue weighted by Crippen LogP contribution is -2.46. The van der Waals surface area contributed by atoms with E-state index >= 15 is 0 Å². The lowest BCUT2D eigenvalue weighted by molar-refractivity contribution is -0.141. The third-order valence-electron chi connectivity index (χ3n) is 5.14. The maximum absolute atomic E-state index is 12.8. The first-order valence-electron chi connectivity index (χ1n) is 9.67. The SMILES string of the molecule is CC(NC(=O)c1ccc(-n2ccc(C(F)(F)F)n2)cc1)C(=O)N1CCc2ccccc21. The zero-order valence-electron chi connectivity index (χ0n) is 16.6. The maximum Gasteiger partial charge on any atom is 0.435 e. The van der Waals surface area contributed by atoms with Crippen molar-refractivity contribution in [2.24, 2.45) is 0 Å². The van der Waals surface area contributed by atoms with Crippen molar-refractivity contribution < 1.29 is 22.8 Å². The number of aromatic nitrogens is 2. The van der Waals surface area contributed by atoms with Crippen LogP contribution >= 0.6 is 0 Å². The molecule has 1 aliphatic heterocycles. The second-order valence-electron chi connectivity index (χ2n) is 7.25. The van der Waals surface area contributed by atoms with Crippen molar-refractivity contribution in [2.75, 3.05) is 11.4 Å². The Morgan fingerprint density at radius 1 is 1.06 bits per heavy atom. The summed E-state index contributed by atoms with van der Waals surface area (Å²) in [5, 5.41) is 6.19. The van der Waals surface area contributed by atoms with Crippen LogP contribution in [-0.4, -0.2) is 34.2 Å². The molecule has 0 spiro atoms. The molecule has 0 saturated heterocycles. The van der Waals surface area contributed by atoms with Gasteiger partial charge in [-0.15, -0.1) is 0 Å². The van der Waals surface area contributed by atoms with Gasteiger partial charge in [-0.25, -0.2) is 4.68 Å². The first-order chi connectivity index (χ1) is 14.7. The van der Waals surface area contributed by atoms with Gasteiger partial charge in [-0.05, 0) is 55.3 Å². The van der Waals surface area contributed by atoms with Crippen LogP contribution < -0.4 is 10.2 Å². The smallest absolute Gasteiger partial charge is 0.341 e. The third-order valence-corrected chi connectivity index (χ3v) is 5.14. The second-order valence-corrected chi connectivity index (χ2v) is 7.25. The molecule has 160 valence electrons. The van der Waals surface area contributed by atoms with Crippen LogP contribution in [0.2, 0.25) is 0 Å². The zero-order valence-corrected chi connectivity index (χ0v) is 16.6. The average molecular weight is 428 g/mol. The Hall–Kier alpha value is -3.62. The minimum Gasteiger partial charge on any atom is -0.341 e. The largest absolute Gasteiger partial charge is 0.435 e. The molecule has 1 unspecified atom stereocenters. The molecule has 0 saturated carbocycles. The number of rotatable bonds is 4. The Labute approximate surface area is 176 Å². The maximum atomic E-state index is 12.8. The van der Waals surface area contributed by atoms with Crippen LogP contribution in [0.1, 0.15) is 28.5 Å². The number of carbonyl (C=O) groups is 2. The number of anilines is 1. The van der Waals surface area contributed by atoms with Crippen LogP contribution in [0.15, 0.2) is 60.8 Å². The monoisotopic (exact) mass is 428 g/mol. The molecule has 2 amide bonds. The topological polar surface area (TPSA) is 67.2 Å². The van der Waals surface area contributed by atoms with Gasteiger partial charge in [0, 0.05) is 24.0 Å². The number of nitrogens with one attached hydrogen (secondary N) is 1. The lowest BCUT2D eigenvalue weighted by Gasteiger charge is -2.22. The molecule has 2 heterocycles. The molecule has 1 N–H and O–H groups in total. The van der Waals surface area contributed by atoms with E-state index in [1.165, 1.54) is 30.5 Å². The molecule has 0 aliphatic carbocycles. The van der Waals surface area contributed by atoms with Crippen molar-refractivity contribution in [1.82, 2.24) is 15.1 Å². The van der Waals surface area contributed by atoms with Crippen molar-refractivity contribution >= 4 is 17.5 Å². The number of hydrogen-bond acceptors (Lipinski definition) is 3. The van der Waals surface area contributed by atoms with Crippen LogP contribution in [0.3, 0.4) is 0 Å². The van der Waals surface area contributed by atoms with Gasteiger partial charge in [-0.3, -0.25) is 9.59 Å². The van der Waals surface area contributed by atoms with E-state index in [1.807, 2.05) is 24.3 Å². The van der Waals surface area contributed by atoms with Crippen LogP contribution in [-0.2, 0) is 17.4 Å². The van der Waals surface area contributed by atoms with Gasteiger partial charge in [0.2, 0.25) is 5.91 Å². The van der Waals surface area contributed by atoms with E-state index in [0.717, 1.165) is 28.4 Å². The zero-order chi connectivity index (χ0) is 22.2. The van der Waals surface area contributed by atoms with Crippen LogP contribution in [0.5, 0.6) is 0 Å². The number of halogens is 3. The van der Waals surface area contributed by atoms with Gasteiger partial charge in [0.05, 0.1) is 5.69 Å². The van der Waals surface area contributed by atoms with Gasteiger partial charge >= 0.3 is 6.18 Å². The van der Waals surface area contributed by atoms with Crippen molar-refractivity contribution in [2.45, 2.75) is 25.6 Å². The first kappa shape index (κ1) is 20.6. The molecule has 3 aromatic rings. The van der Waals surface area contributed by atoms with E-state index < -0.39 is 23.8 Å². The average Bonchev–Trinajstić information content (AvgIpc) is 3.41. The van der Waals surface area contributed by atoms with Crippen LogP contribution in [0, 0.1) is 0 Å². The predicted molar refractivity (Wildman–Crippen MR) is 108 cm³/mol. The molecule has 1 aromatic heterocycles. The van der Waals surface area contributed by atoms with Gasteiger partial charge in [-0.2, -0.15) is 18.3 Å². The van der Waals surface area contributed by atoms with E-state index in [-0.39, 0.29) is 11.5 Å². The van der Waals surface area contributed by atoms with Crippen LogP contribution in [0.25, 0.3) is 5.69 Å². The highest BCUT2D eigenvalue weighted by Crippen LogP contribution is 2.29. The van der Waals surface area contributed by atoms with Gasteiger partial charge in [-0.1, -0.05) is 18.2 Å². The van der Waals surface area contributed by atoms with Gasteiger partial charge in [0.15, 0.2) is 5.69 Å². The van der Waals surface area contributed by atoms with Crippen molar-refractivity contribution in [1.29, 1.82) is 0 Å². The number of benzene rings is 2. The third kappa shape index (κ3) is 4.16. The molecule has 6 nitrogen and oxygen atoms in total.